The summed E-state index contributed by atoms with van der Waals surface area (Å²) in [6.07, 6.45) is 0.218. The molecule has 6 heteroatoms. The van der Waals surface area contributed by atoms with E-state index in [1.165, 1.54) is 4.90 Å². The van der Waals surface area contributed by atoms with Gasteiger partial charge in [-0.2, -0.15) is 0 Å². The van der Waals surface area contributed by atoms with Gasteiger partial charge >= 0.3 is 0 Å². The standard InChI is InChI=1S/C26H25N3O3/c1-18(30)19-9-11-21(12-10-19)27-13-15-28(16-14-27)24-17-25(31)29(26(24)32)23-8-4-6-20-5-2-3-7-22(20)23/h2-12,24H,13-17H2,1H3/t24-/m1/s1. The number of Topliss-reactive ketones (excluding diaryl/α,β-unsaturated/α-hetero) is 1. The molecule has 6 nitrogen and oxygen atoms in total. The molecule has 2 aliphatic heterocycles. The zero-order chi connectivity index (χ0) is 22.2. The van der Waals surface area contributed by atoms with Crippen molar-refractivity contribution in [2.24, 2.45) is 0 Å². The number of carbonyl (C=O) groups excluding carboxylic acids is 3. The zero-order valence-corrected chi connectivity index (χ0v) is 18.0. The number of carbonyl (C=O) groups is 3. The second-order valence-corrected chi connectivity index (χ2v) is 8.41. The highest BCUT2D eigenvalue weighted by Crippen LogP contribution is 2.32. The lowest BCUT2D eigenvalue weighted by Crippen LogP contribution is -2.52. The van der Waals surface area contributed by atoms with E-state index in [9.17, 15) is 14.4 Å². The van der Waals surface area contributed by atoms with Crippen molar-refractivity contribution in [2.75, 3.05) is 36.0 Å². The molecule has 32 heavy (non-hydrogen) atoms. The molecular formula is C26H25N3O3. The summed E-state index contributed by atoms with van der Waals surface area (Å²) in [5, 5.41) is 1.93. The Kier molecular flexibility index (Phi) is 5.23. The highest BCUT2D eigenvalue weighted by molar-refractivity contribution is 6.25. The van der Waals surface area contributed by atoms with Crippen molar-refractivity contribution in [3.05, 3.63) is 72.3 Å². The van der Waals surface area contributed by atoms with Crippen LogP contribution in [0.5, 0.6) is 0 Å². The molecule has 0 bridgehead atoms. The lowest BCUT2D eigenvalue weighted by molar-refractivity contribution is -0.123. The van der Waals surface area contributed by atoms with Crippen LogP contribution in [0.3, 0.4) is 0 Å². The van der Waals surface area contributed by atoms with Crippen LogP contribution in [-0.2, 0) is 9.59 Å². The van der Waals surface area contributed by atoms with Crippen molar-refractivity contribution in [3.63, 3.8) is 0 Å². The van der Waals surface area contributed by atoms with Gasteiger partial charge in [0.05, 0.1) is 18.2 Å². The van der Waals surface area contributed by atoms with Crippen LogP contribution in [0, 0.1) is 0 Å². The molecule has 2 fully saturated rings. The maximum Gasteiger partial charge on any atom is 0.251 e. The molecule has 2 amide bonds. The first kappa shape index (κ1) is 20.4. The third-order valence-corrected chi connectivity index (χ3v) is 6.52. The number of imide groups is 1. The molecule has 0 N–H and O–H groups in total. The molecule has 0 aromatic heterocycles. The number of rotatable bonds is 4. The molecule has 162 valence electrons. The Morgan fingerprint density at radius 1 is 0.844 bits per heavy atom. The van der Waals surface area contributed by atoms with Gasteiger partial charge < -0.3 is 4.90 Å². The molecule has 2 heterocycles. The summed E-state index contributed by atoms with van der Waals surface area (Å²) in [5.41, 5.74) is 2.45. The minimum Gasteiger partial charge on any atom is -0.369 e. The monoisotopic (exact) mass is 427 g/mol. The summed E-state index contributed by atoms with van der Waals surface area (Å²) in [6.45, 7) is 4.52. The maximum absolute atomic E-state index is 13.3. The first-order chi connectivity index (χ1) is 15.5. The maximum atomic E-state index is 13.3. The fraction of sp³-hybridized carbons (Fsp3) is 0.269. The number of ketones is 1. The Morgan fingerprint density at radius 3 is 2.25 bits per heavy atom. The van der Waals surface area contributed by atoms with Crippen molar-refractivity contribution < 1.29 is 14.4 Å². The van der Waals surface area contributed by atoms with E-state index < -0.39 is 6.04 Å². The topological polar surface area (TPSA) is 60.9 Å². The molecule has 1 atom stereocenters. The number of fused-ring (bicyclic) bond motifs is 1. The van der Waals surface area contributed by atoms with Gasteiger partial charge in [-0.1, -0.05) is 36.4 Å². The van der Waals surface area contributed by atoms with Crippen LogP contribution in [0.25, 0.3) is 10.8 Å². The molecular weight excluding hydrogens is 402 g/mol. The van der Waals surface area contributed by atoms with Crippen LogP contribution in [0.4, 0.5) is 11.4 Å². The summed E-state index contributed by atoms with van der Waals surface area (Å²) >= 11 is 0. The van der Waals surface area contributed by atoms with E-state index in [-0.39, 0.29) is 24.0 Å². The summed E-state index contributed by atoms with van der Waals surface area (Å²) in [6, 6.07) is 20.8. The van der Waals surface area contributed by atoms with Gasteiger partial charge in [-0.3, -0.25) is 19.3 Å². The second-order valence-electron chi connectivity index (χ2n) is 8.41. The number of hydrogen-bond acceptors (Lipinski definition) is 5. The van der Waals surface area contributed by atoms with Gasteiger partial charge in [0.25, 0.3) is 5.91 Å². The van der Waals surface area contributed by atoms with Gasteiger partial charge in [-0.25, -0.2) is 4.90 Å². The Bertz CT molecular complexity index is 1190. The number of amides is 2. The van der Waals surface area contributed by atoms with Gasteiger partial charge in [0, 0.05) is 42.8 Å². The second kappa shape index (κ2) is 8.20. The van der Waals surface area contributed by atoms with Crippen LogP contribution < -0.4 is 9.80 Å². The van der Waals surface area contributed by atoms with Gasteiger partial charge in [0.1, 0.15) is 0 Å². The Hall–Kier alpha value is -3.51. The van der Waals surface area contributed by atoms with E-state index in [0.717, 1.165) is 29.5 Å². The average Bonchev–Trinajstić information content (AvgIpc) is 3.12. The summed E-state index contributed by atoms with van der Waals surface area (Å²) in [5.74, 6) is -0.217. The van der Waals surface area contributed by atoms with E-state index in [4.69, 9.17) is 0 Å². The molecule has 5 rings (SSSR count). The van der Waals surface area contributed by atoms with Crippen LogP contribution in [-0.4, -0.2) is 54.7 Å². The zero-order valence-electron chi connectivity index (χ0n) is 18.0. The Morgan fingerprint density at radius 2 is 1.53 bits per heavy atom. The summed E-state index contributed by atoms with van der Waals surface area (Å²) in [4.78, 5) is 43.5. The van der Waals surface area contributed by atoms with Gasteiger partial charge in [-0.15, -0.1) is 0 Å². The van der Waals surface area contributed by atoms with Crippen molar-refractivity contribution in [2.45, 2.75) is 19.4 Å². The SMILES string of the molecule is CC(=O)c1ccc(N2CCN([C@@H]3CC(=O)N(c4cccc5ccccc45)C3=O)CC2)cc1. The first-order valence-electron chi connectivity index (χ1n) is 11.0. The lowest BCUT2D eigenvalue weighted by atomic mass is 10.1. The van der Waals surface area contributed by atoms with Crippen molar-refractivity contribution >= 4 is 39.7 Å². The van der Waals surface area contributed by atoms with E-state index >= 15 is 0 Å². The molecule has 3 aromatic rings. The minimum atomic E-state index is -0.413. The third kappa shape index (κ3) is 3.56. The van der Waals surface area contributed by atoms with Crippen LogP contribution in [0.15, 0.2) is 66.7 Å². The van der Waals surface area contributed by atoms with E-state index in [1.807, 2.05) is 66.7 Å². The lowest BCUT2D eigenvalue weighted by Gasteiger charge is -2.38. The average molecular weight is 428 g/mol. The highest BCUT2D eigenvalue weighted by atomic mass is 16.2. The van der Waals surface area contributed by atoms with Crippen LogP contribution in [0.1, 0.15) is 23.7 Å². The predicted octanol–water partition coefficient (Wildman–Crippen LogP) is 3.50. The van der Waals surface area contributed by atoms with E-state index in [2.05, 4.69) is 9.80 Å². The van der Waals surface area contributed by atoms with Crippen molar-refractivity contribution in [1.29, 1.82) is 0 Å². The molecule has 2 aliphatic rings. The number of nitrogens with zero attached hydrogens (tertiary/aromatic N) is 3. The molecule has 2 saturated heterocycles. The smallest absolute Gasteiger partial charge is 0.251 e. The number of piperazine rings is 1. The number of hydrogen-bond donors (Lipinski definition) is 0. The van der Waals surface area contributed by atoms with Crippen LogP contribution in [0.2, 0.25) is 0 Å². The van der Waals surface area contributed by atoms with Gasteiger partial charge in [-0.05, 0) is 42.6 Å². The first-order valence-corrected chi connectivity index (χ1v) is 11.0. The molecule has 3 aromatic carbocycles. The molecule has 0 spiro atoms. The molecule has 0 saturated carbocycles. The number of benzene rings is 3. The van der Waals surface area contributed by atoms with Crippen molar-refractivity contribution in [1.82, 2.24) is 4.90 Å². The minimum absolute atomic E-state index is 0.0570. The summed E-state index contributed by atoms with van der Waals surface area (Å²) < 4.78 is 0. The van der Waals surface area contributed by atoms with E-state index in [1.54, 1.807) is 6.92 Å². The van der Waals surface area contributed by atoms with Gasteiger partial charge in [0.2, 0.25) is 5.91 Å². The fourth-order valence-corrected chi connectivity index (χ4v) is 4.76. The van der Waals surface area contributed by atoms with E-state index in [0.29, 0.717) is 24.3 Å². The Labute approximate surface area is 187 Å². The molecule has 0 radical (unpaired) electrons. The molecule has 0 unspecified atom stereocenters. The Balaban J connectivity index is 1.30. The molecule has 0 aliphatic carbocycles. The number of anilines is 2. The third-order valence-electron chi connectivity index (χ3n) is 6.52. The van der Waals surface area contributed by atoms with Crippen molar-refractivity contribution in [3.8, 4) is 0 Å². The van der Waals surface area contributed by atoms with Gasteiger partial charge in [0.15, 0.2) is 5.78 Å². The van der Waals surface area contributed by atoms with Crippen LogP contribution >= 0.6 is 0 Å². The largest absolute Gasteiger partial charge is 0.369 e. The quantitative estimate of drug-likeness (QED) is 0.471. The predicted molar refractivity (Wildman–Crippen MR) is 125 cm³/mol. The fourth-order valence-electron chi connectivity index (χ4n) is 4.76. The highest BCUT2D eigenvalue weighted by Gasteiger charge is 2.43. The normalized spacial score (nSPS) is 19.7. The summed E-state index contributed by atoms with van der Waals surface area (Å²) in [7, 11) is 0.